The van der Waals surface area contributed by atoms with Crippen molar-refractivity contribution in [2.24, 2.45) is 0 Å². The maximum atomic E-state index is 6.16. The number of hydrogen-bond acceptors (Lipinski definition) is 4. The third-order valence-electron chi connectivity index (χ3n) is 3.45. The second-order valence-electron chi connectivity index (χ2n) is 4.96. The SMILES string of the molecule is CCCC(c1cccs1)n1c(N)nc2ccc(C)nc21. The number of nitrogen functional groups attached to an aromatic ring is 1. The summed E-state index contributed by atoms with van der Waals surface area (Å²) in [5, 5.41) is 2.10. The molecule has 0 bridgehead atoms. The van der Waals surface area contributed by atoms with E-state index in [4.69, 9.17) is 5.73 Å². The van der Waals surface area contributed by atoms with E-state index in [0.717, 1.165) is 29.7 Å². The Bertz CT molecular complexity index is 715. The van der Waals surface area contributed by atoms with Gasteiger partial charge in [0.05, 0.1) is 6.04 Å². The van der Waals surface area contributed by atoms with Gasteiger partial charge in [0, 0.05) is 10.6 Å². The van der Waals surface area contributed by atoms with Crippen LogP contribution < -0.4 is 5.73 Å². The van der Waals surface area contributed by atoms with E-state index < -0.39 is 0 Å². The van der Waals surface area contributed by atoms with Crippen LogP contribution in [-0.2, 0) is 0 Å². The number of anilines is 1. The number of hydrogen-bond donors (Lipinski definition) is 1. The van der Waals surface area contributed by atoms with E-state index in [1.165, 1.54) is 4.88 Å². The van der Waals surface area contributed by atoms with Gasteiger partial charge in [-0.1, -0.05) is 19.4 Å². The van der Waals surface area contributed by atoms with Crippen molar-refractivity contribution >= 4 is 28.4 Å². The number of aromatic nitrogens is 3. The van der Waals surface area contributed by atoms with Crippen LogP contribution >= 0.6 is 11.3 Å². The minimum absolute atomic E-state index is 0.222. The van der Waals surface area contributed by atoms with Crippen LogP contribution in [0.5, 0.6) is 0 Å². The van der Waals surface area contributed by atoms with E-state index in [0.29, 0.717) is 5.95 Å². The highest BCUT2D eigenvalue weighted by atomic mass is 32.1. The van der Waals surface area contributed by atoms with Crippen molar-refractivity contribution in [3.8, 4) is 0 Å². The van der Waals surface area contributed by atoms with Gasteiger partial charge < -0.3 is 5.73 Å². The average Bonchev–Trinajstić information content (AvgIpc) is 3.04. The molecule has 0 fully saturated rings. The van der Waals surface area contributed by atoms with E-state index in [2.05, 4.69) is 39.0 Å². The van der Waals surface area contributed by atoms with Crippen LogP contribution in [0.25, 0.3) is 11.2 Å². The normalized spacial score (nSPS) is 12.9. The van der Waals surface area contributed by atoms with Crippen molar-refractivity contribution in [2.75, 3.05) is 5.73 Å². The standard InChI is InChI=1S/C15H18N4S/c1-3-5-12(13-6-4-9-20-13)19-14-11(18-15(19)16)8-7-10(2)17-14/h4,6-9,12H,3,5H2,1-2H3,(H2,16,18). The van der Waals surface area contributed by atoms with Gasteiger partial charge in [0.15, 0.2) is 5.65 Å². The van der Waals surface area contributed by atoms with Gasteiger partial charge in [-0.25, -0.2) is 9.97 Å². The molecule has 20 heavy (non-hydrogen) atoms. The van der Waals surface area contributed by atoms with Crippen LogP contribution in [0.2, 0.25) is 0 Å². The maximum absolute atomic E-state index is 6.16. The third-order valence-corrected chi connectivity index (χ3v) is 4.42. The third kappa shape index (κ3) is 2.18. The summed E-state index contributed by atoms with van der Waals surface area (Å²) in [5.74, 6) is 0.546. The van der Waals surface area contributed by atoms with Gasteiger partial charge in [-0.3, -0.25) is 4.57 Å². The summed E-state index contributed by atoms with van der Waals surface area (Å²) >= 11 is 1.76. The van der Waals surface area contributed by atoms with Crippen LogP contribution in [0.4, 0.5) is 5.95 Å². The van der Waals surface area contributed by atoms with Gasteiger partial charge in [-0.05, 0) is 36.9 Å². The smallest absolute Gasteiger partial charge is 0.203 e. The van der Waals surface area contributed by atoms with Crippen molar-refractivity contribution in [3.63, 3.8) is 0 Å². The largest absolute Gasteiger partial charge is 0.369 e. The molecule has 3 heterocycles. The zero-order chi connectivity index (χ0) is 14.1. The van der Waals surface area contributed by atoms with E-state index >= 15 is 0 Å². The summed E-state index contributed by atoms with van der Waals surface area (Å²) in [7, 11) is 0. The Labute approximate surface area is 122 Å². The average molecular weight is 286 g/mol. The van der Waals surface area contributed by atoms with Crippen LogP contribution in [0, 0.1) is 6.92 Å². The molecule has 0 saturated carbocycles. The lowest BCUT2D eigenvalue weighted by molar-refractivity contribution is 0.557. The Balaban J connectivity index is 2.20. The predicted molar refractivity (Wildman–Crippen MR) is 84.0 cm³/mol. The lowest BCUT2D eigenvalue weighted by atomic mass is 10.1. The molecule has 0 aromatic carbocycles. The molecule has 104 valence electrons. The summed E-state index contributed by atoms with van der Waals surface area (Å²) in [6.07, 6.45) is 2.12. The summed E-state index contributed by atoms with van der Waals surface area (Å²) in [6.45, 7) is 4.18. The second kappa shape index (κ2) is 5.25. The van der Waals surface area contributed by atoms with Gasteiger partial charge in [-0.15, -0.1) is 11.3 Å². The quantitative estimate of drug-likeness (QED) is 0.794. The number of pyridine rings is 1. The second-order valence-corrected chi connectivity index (χ2v) is 5.93. The number of imidazole rings is 1. The lowest BCUT2D eigenvalue weighted by Gasteiger charge is -2.18. The van der Waals surface area contributed by atoms with E-state index in [-0.39, 0.29) is 6.04 Å². The summed E-state index contributed by atoms with van der Waals surface area (Å²) in [5.41, 5.74) is 8.89. The molecular weight excluding hydrogens is 268 g/mol. The first-order chi connectivity index (χ1) is 9.70. The molecule has 4 nitrogen and oxygen atoms in total. The van der Waals surface area contributed by atoms with Crippen LogP contribution in [0.3, 0.4) is 0 Å². The molecule has 0 aliphatic carbocycles. The molecule has 0 spiro atoms. The number of thiophene rings is 1. The molecular formula is C15H18N4S. The number of rotatable bonds is 4. The summed E-state index contributed by atoms with van der Waals surface area (Å²) in [6, 6.07) is 8.42. The topological polar surface area (TPSA) is 56.7 Å². The molecule has 3 aromatic heterocycles. The Morgan fingerprint density at radius 3 is 2.85 bits per heavy atom. The molecule has 3 rings (SSSR count). The first-order valence-electron chi connectivity index (χ1n) is 6.85. The summed E-state index contributed by atoms with van der Waals surface area (Å²) < 4.78 is 2.08. The first-order valence-corrected chi connectivity index (χ1v) is 7.73. The highest BCUT2D eigenvalue weighted by Gasteiger charge is 2.20. The predicted octanol–water partition coefficient (Wildman–Crippen LogP) is 3.77. The van der Waals surface area contributed by atoms with Crippen LogP contribution in [0.15, 0.2) is 29.6 Å². The van der Waals surface area contributed by atoms with Crippen molar-refractivity contribution in [2.45, 2.75) is 32.7 Å². The number of nitrogens with zero attached hydrogens (tertiary/aromatic N) is 3. The van der Waals surface area contributed by atoms with Crippen molar-refractivity contribution in [1.82, 2.24) is 14.5 Å². The molecule has 0 saturated heterocycles. The maximum Gasteiger partial charge on any atom is 0.203 e. The molecule has 3 aromatic rings. The molecule has 0 aliphatic heterocycles. The number of fused-ring (bicyclic) bond motifs is 1. The molecule has 1 unspecified atom stereocenters. The zero-order valence-corrected chi connectivity index (χ0v) is 12.5. The molecule has 0 aliphatic rings. The molecule has 0 amide bonds. The Morgan fingerprint density at radius 1 is 1.30 bits per heavy atom. The minimum Gasteiger partial charge on any atom is -0.369 e. The Kier molecular flexibility index (Phi) is 3.44. The fourth-order valence-corrected chi connectivity index (χ4v) is 3.40. The van der Waals surface area contributed by atoms with Gasteiger partial charge in [-0.2, -0.15) is 0 Å². The highest BCUT2D eigenvalue weighted by Crippen LogP contribution is 2.32. The molecule has 5 heteroatoms. The van der Waals surface area contributed by atoms with Gasteiger partial charge in [0.2, 0.25) is 5.95 Å². The fraction of sp³-hybridized carbons (Fsp3) is 0.333. The Morgan fingerprint density at radius 2 is 2.15 bits per heavy atom. The van der Waals surface area contributed by atoms with Crippen LogP contribution in [0.1, 0.15) is 36.4 Å². The molecule has 0 radical (unpaired) electrons. The van der Waals surface area contributed by atoms with Crippen LogP contribution in [-0.4, -0.2) is 14.5 Å². The number of aryl methyl sites for hydroxylation is 1. The van der Waals surface area contributed by atoms with Crippen molar-refractivity contribution in [3.05, 3.63) is 40.2 Å². The molecule has 2 N–H and O–H groups in total. The van der Waals surface area contributed by atoms with Gasteiger partial charge in [0.25, 0.3) is 0 Å². The van der Waals surface area contributed by atoms with E-state index in [9.17, 15) is 0 Å². The Hall–Kier alpha value is -1.88. The number of nitrogens with two attached hydrogens (primary N) is 1. The van der Waals surface area contributed by atoms with Gasteiger partial charge >= 0.3 is 0 Å². The van der Waals surface area contributed by atoms with Crippen molar-refractivity contribution in [1.29, 1.82) is 0 Å². The van der Waals surface area contributed by atoms with E-state index in [1.54, 1.807) is 11.3 Å². The highest BCUT2D eigenvalue weighted by molar-refractivity contribution is 7.10. The van der Waals surface area contributed by atoms with Gasteiger partial charge in [0.1, 0.15) is 5.52 Å². The van der Waals surface area contributed by atoms with E-state index in [1.807, 2.05) is 19.1 Å². The zero-order valence-electron chi connectivity index (χ0n) is 11.7. The summed E-state index contributed by atoms with van der Waals surface area (Å²) in [4.78, 5) is 10.4. The molecule has 1 atom stereocenters. The fourth-order valence-electron chi connectivity index (χ4n) is 2.55. The first kappa shape index (κ1) is 13.1. The monoisotopic (exact) mass is 286 g/mol. The van der Waals surface area contributed by atoms with Crippen molar-refractivity contribution < 1.29 is 0 Å². The lowest BCUT2D eigenvalue weighted by Crippen LogP contribution is -2.13. The minimum atomic E-state index is 0.222.